The third-order valence-corrected chi connectivity index (χ3v) is 2.24. The van der Waals surface area contributed by atoms with E-state index in [0.717, 1.165) is 6.92 Å². The third-order valence-electron chi connectivity index (χ3n) is 2.24. The maximum atomic E-state index is 13.3. The molecule has 0 saturated carbocycles. The molecule has 0 heterocycles. The Kier molecular flexibility index (Phi) is 4.13. The predicted molar refractivity (Wildman–Crippen MR) is 53.3 cm³/mol. The van der Waals surface area contributed by atoms with Gasteiger partial charge >= 0.3 is 6.18 Å². The third kappa shape index (κ3) is 3.67. The molecule has 0 bridgehead atoms. The number of benzene rings is 1. The number of carbonyl (C=O) groups excluding carboxylic acids is 2. The molecule has 0 spiro atoms. The number of rotatable bonds is 3. The summed E-state index contributed by atoms with van der Waals surface area (Å²) in [5.41, 5.74) is -2.09. The van der Waals surface area contributed by atoms with E-state index in [-0.39, 0.29) is 0 Å². The first-order chi connectivity index (χ1) is 8.62. The molecule has 0 saturated heterocycles. The van der Waals surface area contributed by atoms with Crippen molar-refractivity contribution < 1.29 is 32.3 Å². The lowest BCUT2D eigenvalue weighted by Gasteiger charge is -2.15. The monoisotopic (exact) mass is 278 g/mol. The zero-order valence-corrected chi connectivity index (χ0v) is 9.55. The van der Waals surface area contributed by atoms with Gasteiger partial charge in [0.25, 0.3) is 5.91 Å². The first kappa shape index (κ1) is 14.9. The van der Waals surface area contributed by atoms with Crippen LogP contribution in [0.2, 0.25) is 0 Å². The molecule has 0 radical (unpaired) electrons. The van der Waals surface area contributed by atoms with Crippen LogP contribution in [0.5, 0.6) is 0 Å². The number of nitrogens with one attached hydrogen (secondary N) is 1. The average Bonchev–Trinajstić information content (AvgIpc) is 2.27. The molecule has 0 aliphatic carbocycles. The van der Waals surface area contributed by atoms with Gasteiger partial charge in [-0.25, -0.2) is 4.39 Å². The van der Waals surface area contributed by atoms with E-state index in [4.69, 9.17) is 0 Å². The molecule has 0 fully saturated rings. The van der Waals surface area contributed by atoms with Crippen molar-refractivity contribution in [3.63, 3.8) is 0 Å². The molecule has 1 amide bonds. The highest BCUT2D eigenvalue weighted by molar-refractivity contribution is 5.96. The summed E-state index contributed by atoms with van der Waals surface area (Å²) in [7, 11) is 0. The molecular formula is C11H8F4NO3-. The minimum absolute atomic E-state index is 0.312. The van der Waals surface area contributed by atoms with E-state index >= 15 is 0 Å². The summed E-state index contributed by atoms with van der Waals surface area (Å²) in [6.45, 7) is 1.04. The molecule has 0 aliphatic heterocycles. The van der Waals surface area contributed by atoms with Gasteiger partial charge in [-0.1, -0.05) is 0 Å². The largest absolute Gasteiger partial charge is 0.548 e. The molecule has 1 N–H and O–H groups in total. The van der Waals surface area contributed by atoms with E-state index in [0.29, 0.717) is 18.2 Å². The standard InChI is InChI=1S/C11H9F4NO3/c1-5(10(18)19)16-9(17)7-4-6(11(13,14)15)2-3-8(7)12/h2-5H,1H3,(H,16,17)(H,18,19)/p-1. The Morgan fingerprint density at radius 1 is 1.32 bits per heavy atom. The second-order valence-corrected chi connectivity index (χ2v) is 3.71. The van der Waals surface area contributed by atoms with Crippen LogP contribution < -0.4 is 10.4 Å². The number of carboxylic acids is 1. The highest BCUT2D eigenvalue weighted by Gasteiger charge is 2.32. The van der Waals surface area contributed by atoms with Crippen LogP contribution >= 0.6 is 0 Å². The Labute approximate surface area is 105 Å². The summed E-state index contributed by atoms with van der Waals surface area (Å²) in [4.78, 5) is 21.8. The number of halogens is 4. The summed E-state index contributed by atoms with van der Waals surface area (Å²) < 4.78 is 50.5. The van der Waals surface area contributed by atoms with E-state index in [9.17, 15) is 32.3 Å². The number of alkyl halides is 3. The van der Waals surface area contributed by atoms with Gasteiger partial charge < -0.3 is 15.2 Å². The van der Waals surface area contributed by atoms with Gasteiger partial charge in [0.1, 0.15) is 5.82 Å². The number of hydrogen-bond donors (Lipinski definition) is 1. The minimum atomic E-state index is -4.73. The molecule has 1 unspecified atom stereocenters. The van der Waals surface area contributed by atoms with E-state index < -0.39 is 41.0 Å². The summed E-state index contributed by atoms with van der Waals surface area (Å²) >= 11 is 0. The molecular weight excluding hydrogens is 270 g/mol. The van der Waals surface area contributed by atoms with Crippen molar-refractivity contribution in [2.45, 2.75) is 19.1 Å². The van der Waals surface area contributed by atoms with Crippen LogP contribution in [0, 0.1) is 5.82 Å². The van der Waals surface area contributed by atoms with Gasteiger partial charge in [-0.2, -0.15) is 13.2 Å². The van der Waals surface area contributed by atoms with E-state index in [1.807, 2.05) is 0 Å². The average molecular weight is 278 g/mol. The van der Waals surface area contributed by atoms with Crippen molar-refractivity contribution in [3.8, 4) is 0 Å². The highest BCUT2D eigenvalue weighted by atomic mass is 19.4. The van der Waals surface area contributed by atoms with Crippen LogP contribution in [-0.4, -0.2) is 17.9 Å². The Balaban J connectivity index is 3.06. The predicted octanol–water partition coefficient (Wildman–Crippen LogP) is 0.713. The molecule has 1 aromatic carbocycles. The van der Waals surface area contributed by atoms with Crippen LogP contribution in [0.15, 0.2) is 18.2 Å². The fraction of sp³-hybridized carbons (Fsp3) is 0.273. The van der Waals surface area contributed by atoms with Crippen molar-refractivity contribution in [1.29, 1.82) is 0 Å². The maximum Gasteiger partial charge on any atom is 0.416 e. The Morgan fingerprint density at radius 3 is 2.37 bits per heavy atom. The fourth-order valence-electron chi connectivity index (χ4n) is 1.21. The zero-order valence-electron chi connectivity index (χ0n) is 9.55. The van der Waals surface area contributed by atoms with Gasteiger partial charge in [0.2, 0.25) is 0 Å². The number of amides is 1. The number of carboxylic acid groups (broad SMARTS) is 1. The Hall–Kier alpha value is -2.12. The topological polar surface area (TPSA) is 69.2 Å². The molecule has 0 aromatic heterocycles. The molecule has 1 atom stereocenters. The summed E-state index contributed by atoms with van der Waals surface area (Å²) in [6, 6.07) is -0.177. The lowest BCUT2D eigenvalue weighted by Crippen LogP contribution is -2.46. The Bertz CT molecular complexity index is 513. The van der Waals surface area contributed by atoms with Crippen LogP contribution in [-0.2, 0) is 11.0 Å². The molecule has 0 aliphatic rings. The van der Waals surface area contributed by atoms with Crippen LogP contribution in [0.1, 0.15) is 22.8 Å². The van der Waals surface area contributed by atoms with Crippen molar-refractivity contribution in [2.24, 2.45) is 0 Å². The highest BCUT2D eigenvalue weighted by Crippen LogP contribution is 2.30. The van der Waals surface area contributed by atoms with Gasteiger partial charge in [0.05, 0.1) is 23.1 Å². The van der Waals surface area contributed by atoms with Crippen LogP contribution in [0.3, 0.4) is 0 Å². The molecule has 19 heavy (non-hydrogen) atoms. The summed E-state index contributed by atoms with van der Waals surface area (Å²) in [5, 5.41) is 12.2. The fourth-order valence-corrected chi connectivity index (χ4v) is 1.21. The smallest absolute Gasteiger partial charge is 0.416 e. The first-order valence-electron chi connectivity index (χ1n) is 5.01. The van der Waals surface area contributed by atoms with E-state index in [1.165, 1.54) is 0 Å². The Morgan fingerprint density at radius 2 is 1.89 bits per heavy atom. The molecule has 1 rings (SSSR count). The van der Waals surface area contributed by atoms with Crippen molar-refractivity contribution in [2.75, 3.05) is 0 Å². The molecule has 104 valence electrons. The maximum absolute atomic E-state index is 13.3. The molecule has 8 heteroatoms. The van der Waals surface area contributed by atoms with Crippen molar-refractivity contribution in [3.05, 3.63) is 35.1 Å². The minimum Gasteiger partial charge on any atom is -0.548 e. The van der Waals surface area contributed by atoms with Crippen molar-refractivity contribution >= 4 is 11.9 Å². The van der Waals surface area contributed by atoms with Gasteiger partial charge in [-0.05, 0) is 25.1 Å². The second-order valence-electron chi connectivity index (χ2n) is 3.71. The van der Waals surface area contributed by atoms with Gasteiger partial charge in [0, 0.05) is 0 Å². The van der Waals surface area contributed by atoms with E-state index in [2.05, 4.69) is 0 Å². The number of aliphatic carboxylic acids is 1. The second kappa shape index (κ2) is 5.25. The zero-order chi connectivity index (χ0) is 14.8. The van der Waals surface area contributed by atoms with Gasteiger partial charge in [-0.15, -0.1) is 0 Å². The van der Waals surface area contributed by atoms with Gasteiger partial charge in [-0.3, -0.25) is 4.79 Å². The quantitative estimate of drug-likeness (QED) is 0.828. The van der Waals surface area contributed by atoms with Gasteiger partial charge in [0.15, 0.2) is 0 Å². The molecule has 1 aromatic rings. The SMILES string of the molecule is CC(NC(=O)c1cc(C(F)(F)F)ccc1F)C(=O)[O-]. The van der Waals surface area contributed by atoms with Crippen LogP contribution in [0.4, 0.5) is 17.6 Å². The lowest BCUT2D eigenvalue weighted by molar-refractivity contribution is -0.307. The normalized spacial score (nSPS) is 12.9. The first-order valence-corrected chi connectivity index (χ1v) is 5.01. The lowest BCUT2D eigenvalue weighted by atomic mass is 10.1. The number of hydrogen-bond acceptors (Lipinski definition) is 3. The molecule has 4 nitrogen and oxygen atoms in total. The van der Waals surface area contributed by atoms with Crippen molar-refractivity contribution in [1.82, 2.24) is 5.32 Å². The summed E-state index contributed by atoms with van der Waals surface area (Å²) in [6.07, 6.45) is -4.73. The number of carbonyl (C=O) groups is 2. The van der Waals surface area contributed by atoms with Crippen LogP contribution in [0.25, 0.3) is 0 Å². The summed E-state index contributed by atoms with van der Waals surface area (Å²) in [5.74, 6) is -4.09. The van der Waals surface area contributed by atoms with E-state index in [1.54, 1.807) is 5.32 Å².